The molecule has 1 rings (SSSR count). The summed E-state index contributed by atoms with van der Waals surface area (Å²) in [5.41, 5.74) is 6.86. The highest BCUT2D eigenvalue weighted by molar-refractivity contribution is 5.89. The van der Waals surface area contributed by atoms with Crippen molar-refractivity contribution < 1.29 is 9.53 Å². The molecular weight excluding hydrogens is 276 g/mol. The molecule has 1 aromatic rings. The summed E-state index contributed by atoms with van der Waals surface area (Å²) in [6.45, 7) is 8.37. The van der Waals surface area contributed by atoms with Crippen molar-refractivity contribution in [2.75, 3.05) is 18.8 Å². The van der Waals surface area contributed by atoms with Crippen molar-refractivity contribution >= 4 is 11.7 Å². The molecule has 0 aliphatic rings. The van der Waals surface area contributed by atoms with Gasteiger partial charge in [0, 0.05) is 18.8 Å². The van der Waals surface area contributed by atoms with E-state index in [2.05, 4.69) is 25.7 Å². The fraction of sp³-hybridized carbons (Fsp3) is 0.611. The maximum absolute atomic E-state index is 12.3. The van der Waals surface area contributed by atoms with Gasteiger partial charge in [-0.25, -0.2) is 4.79 Å². The summed E-state index contributed by atoms with van der Waals surface area (Å²) in [5, 5.41) is 0. The number of nitrogens with two attached hydrogens (primary N) is 1. The van der Waals surface area contributed by atoms with Gasteiger partial charge in [0.25, 0.3) is 0 Å². The van der Waals surface area contributed by atoms with Crippen LogP contribution in [0.15, 0.2) is 24.3 Å². The van der Waals surface area contributed by atoms with Crippen LogP contribution in [-0.4, -0.2) is 30.2 Å². The Morgan fingerprint density at radius 2 is 1.64 bits per heavy atom. The zero-order valence-electron chi connectivity index (χ0n) is 14.2. The number of esters is 1. The highest BCUT2D eigenvalue weighted by atomic mass is 16.6. The highest BCUT2D eigenvalue weighted by Gasteiger charge is 2.20. The molecule has 0 saturated heterocycles. The molecule has 0 spiro atoms. The van der Waals surface area contributed by atoms with E-state index in [1.807, 2.05) is 0 Å². The maximum atomic E-state index is 12.3. The molecule has 0 aliphatic carbocycles. The number of carbonyl (C=O) groups excluding carboxylic acids is 1. The number of rotatable bonds is 10. The fourth-order valence-electron chi connectivity index (χ4n) is 2.35. The van der Waals surface area contributed by atoms with Crippen molar-refractivity contribution in [3.05, 3.63) is 29.8 Å². The van der Waals surface area contributed by atoms with Gasteiger partial charge in [-0.3, -0.25) is 4.90 Å². The van der Waals surface area contributed by atoms with Crippen LogP contribution in [0.2, 0.25) is 0 Å². The van der Waals surface area contributed by atoms with E-state index < -0.39 is 0 Å². The quantitative estimate of drug-likeness (QED) is 0.402. The minimum Gasteiger partial charge on any atom is -0.443 e. The lowest BCUT2D eigenvalue weighted by atomic mass is 10.2. The van der Waals surface area contributed by atoms with E-state index in [4.69, 9.17) is 10.5 Å². The predicted molar refractivity (Wildman–Crippen MR) is 91.7 cm³/mol. The molecule has 4 nitrogen and oxygen atoms in total. The third-order valence-electron chi connectivity index (χ3n) is 3.74. The van der Waals surface area contributed by atoms with E-state index in [0.29, 0.717) is 11.3 Å². The van der Waals surface area contributed by atoms with Crippen molar-refractivity contribution in [2.45, 2.75) is 59.1 Å². The molecule has 4 heteroatoms. The first kappa shape index (κ1) is 18.5. The van der Waals surface area contributed by atoms with E-state index in [1.54, 1.807) is 24.3 Å². The molecule has 0 heterocycles. The molecule has 0 saturated carbocycles. The molecule has 0 radical (unpaired) electrons. The van der Waals surface area contributed by atoms with E-state index in [-0.39, 0.29) is 12.2 Å². The van der Waals surface area contributed by atoms with Crippen LogP contribution in [0.5, 0.6) is 0 Å². The van der Waals surface area contributed by atoms with Gasteiger partial charge < -0.3 is 10.5 Å². The number of benzene rings is 1. The van der Waals surface area contributed by atoms with Crippen LogP contribution in [-0.2, 0) is 4.74 Å². The van der Waals surface area contributed by atoms with Crippen LogP contribution in [0.3, 0.4) is 0 Å². The van der Waals surface area contributed by atoms with Gasteiger partial charge in [-0.05, 0) is 43.5 Å². The first-order valence-corrected chi connectivity index (χ1v) is 8.42. The van der Waals surface area contributed by atoms with E-state index >= 15 is 0 Å². The monoisotopic (exact) mass is 306 g/mol. The minimum atomic E-state index is -0.273. The molecule has 22 heavy (non-hydrogen) atoms. The Kier molecular flexibility index (Phi) is 8.60. The Morgan fingerprint density at radius 1 is 1.09 bits per heavy atom. The molecule has 1 atom stereocenters. The van der Waals surface area contributed by atoms with Gasteiger partial charge in [0.15, 0.2) is 6.23 Å². The number of anilines is 1. The Morgan fingerprint density at radius 3 is 2.09 bits per heavy atom. The molecule has 0 fully saturated rings. The molecule has 0 aliphatic heterocycles. The molecular formula is C18H30N2O2. The number of nitrogen functional groups attached to an aromatic ring is 1. The minimum absolute atomic E-state index is 0.150. The smallest absolute Gasteiger partial charge is 0.339 e. The second-order valence-corrected chi connectivity index (χ2v) is 5.63. The summed E-state index contributed by atoms with van der Waals surface area (Å²) in [6, 6.07) is 6.88. The van der Waals surface area contributed by atoms with Crippen LogP contribution in [0, 0.1) is 0 Å². The van der Waals surface area contributed by atoms with Gasteiger partial charge >= 0.3 is 5.97 Å². The lowest BCUT2D eigenvalue weighted by Gasteiger charge is -2.30. The van der Waals surface area contributed by atoms with Crippen LogP contribution < -0.4 is 5.73 Å². The molecule has 1 aromatic carbocycles. The van der Waals surface area contributed by atoms with Gasteiger partial charge in [0.2, 0.25) is 0 Å². The number of hydrogen-bond donors (Lipinski definition) is 1. The average Bonchev–Trinajstić information content (AvgIpc) is 2.53. The Bertz CT molecular complexity index is 423. The molecule has 2 N–H and O–H groups in total. The highest BCUT2D eigenvalue weighted by Crippen LogP contribution is 2.14. The second kappa shape index (κ2) is 10.2. The molecule has 0 amide bonds. The number of unbranched alkanes of at least 4 members (excludes halogenated alkanes) is 2. The van der Waals surface area contributed by atoms with Crippen LogP contribution in [0.4, 0.5) is 5.69 Å². The van der Waals surface area contributed by atoms with E-state index in [1.165, 1.54) is 0 Å². The molecule has 124 valence electrons. The summed E-state index contributed by atoms with van der Waals surface area (Å²) >= 11 is 0. The normalized spacial score (nSPS) is 12.4. The van der Waals surface area contributed by atoms with Gasteiger partial charge in [0.05, 0.1) is 5.56 Å². The van der Waals surface area contributed by atoms with Gasteiger partial charge in [-0.2, -0.15) is 0 Å². The number of nitrogens with zero attached hydrogens (tertiary/aromatic N) is 1. The summed E-state index contributed by atoms with van der Waals surface area (Å²) in [4.78, 5) is 14.6. The average molecular weight is 306 g/mol. The first-order chi connectivity index (χ1) is 10.6. The topological polar surface area (TPSA) is 55.6 Å². The summed E-state index contributed by atoms with van der Waals surface area (Å²) < 4.78 is 5.73. The molecule has 0 bridgehead atoms. The molecule has 1 unspecified atom stereocenters. The van der Waals surface area contributed by atoms with Crippen molar-refractivity contribution in [3.8, 4) is 0 Å². The van der Waals surface area contributed by atoms with Crippen molar-refractivity contribution in [1.29, 1.82) is 0 Å². The number of ether oxygens (including phenoxy) is 1. The number of carbonyl (C=O) groups is 1. The third-order valence-corrected chi connectivity index (χ3v) is 3.74. The van der Waals surface area contributed by atoms with Crippen LogP contribution in [0.1, 0.15) is 63.2 Å². The third kappa shape index (κ3) is 6.06. The maximum Gasteiger partial charge on any atom is 0.339 e. The fourth-order valence-corrected chi connectivity index (χ4v) is 2.35. The lowest BCUT2D eigenvalue weighted by Crippen LogP contribution is -2.39. The van der Waals surface area contributed by atoms with Gasteiger partial charge in [-0.15, -0.1) is 0 Å². The van der Waals surface area contributed by atoms with Crippen molar-refractivity contribution in [3.63, 3.8) is 0 Å². The summed E-state index contributed by atoms with van der Waals surface area (Å²) in [7, 11) is 0. The Labute approximate surface area is 134 Å². The standard InChI is InChI=1S/C18H30N2O2/c1-4-7-13-20(14-8-5-2)17(6-3)22-18(21)15-9-11-16(19)12-10-15/h9-12,17H,4-8,13-14,19H2,1-3H3. The summed E-state index contributed by atoms with van der Waals surface area (Å²) in [5.74, 6) is -0.273. The second-order valence-electron chi connectivity index (χ2n) is 5.63. The van der Waals surface area contributed by atoms with Crippen molar-refractivity contribution in [2.24, 2.45) is 0 Å². The van der Waals surface area contributed by atoms with Crippen LogP contribution in [0.25, 0.3) is 0 Å². The lowest BCUT2D eigenvalue weighted by molar-refractivity contribution is -0.0355. The zero-order chi connectivity index (χ0) is 16.4. The van der Waals surface area contributed by atoms with Crippen molar-refractivity contribution in [1.82, 2.24) is 4.90 Å². The van der Waals surface area contributed by atoms with E-state index in [0.717, 1.165) is 45.2 Å². The summed E-state index contributed by atoms with van der Waals surface area (Å²) in [6.07, 6.45) is 5.19. The van der Waals surface area contributed by atoms with Gasteiger partial charge in [0.1, 0.15) is 0 Å². The van der Waals surface area contributed by atoms with Gasteiger partial charge in [-0.1, -0.05) is 33.6 Å². The Hall–Kier alpha value is -1.55. The first-order valence-electron chi connectivity index (χ1n) is 8.42. The zero-order valence-corrected chi connectivity index (χ0v) is 14.2. The number of hydrogen-bond acceptors (Lipinski definition) is 4. The molecule has 0 aromatic heterocycles. The van der Waals surface area contributed by atoms with Crippen LogP contribution >= 0.6 is 0 Å². The SMILES string of the molecule is CCCCN(CCCC)C(CC)OC(=O)c1ccc(N)cc1. The Balaban J connectivity index is 2.69. The largest absolute Gasteiger partial charge is 0.443 e. The predicted octanol–water partition coefficient (Wildman–Crippen LogP) is 4.06. The van der Waals surface area contributed by atoms with E-state index in [9.17, 15) is 4.79 Å².